The van der Waals surface area contributed by atoms with Gasteiger partial charge in [0, 0.05) is 35.4 Å². The number of benzene rings is 3. The van der Waals surface area contributed by atoms with Crippen LogP contribution in [-0.2, 0) is 6.61 Å². The van der Waals surface area contributed by atoms with Crippen molar-refractivity contribution >= 4 is 40.0 Å². The zero-order chi connectivity index (χ0) is 24.1. The van der Waals surface area contributed by atoms with Gasteiger partial charge in [-0.25, -0.2) is 4.98 Å². The van der Waals surface area contributed by atoms with Crippen LogP contribution in [0, 0.1) is 18.3 Å². The first-order chi connectivity index (χ1) is 16.5. The van der Waals surface area contributed by atoms with Gasteiger partial charge < -0.3 is 14.6 Å². The molecule has 0 aliphatic carbocycles. The average Bonchev–Trinajstić information content (AvgIpc) is 3.26. The summed E-state index contributed by atoms with van der Waals surface area (Å²) < 4.78 is 6.24. The van der Waals surface area contributed by atoms with Crippen LogP contribution < -0.4 is 9.64 Å². The molecule has 0 unspecified atom stereocenters. The monoisotopic (exact) mass is 470 g/mol. The van der Waals surface area contributed by atoms with Gasteiger partial charge in [-0.3, -0.25) is 0 Å². The van der Waals surface area contributed by atoms with Gasteiger partial charge in [-0.15, -0.1) is 0 Å². The highest BCUT2D eigenvalue weighted by Crippen LogP contribution is 2.30. The molecule has 0 aliphatic heterocycles. The summed E-state index contributed by atoms with van der Waals surface area (Å²) in [4.78, 5) is 10.2. The fourth-order valence-electron chi connectivity index (χ4n) is 3.85. The Bertz CT molecular complexity index is 1360. The molecular formula is C28H27ClN4O. The number of ether oxygens (including phenoxy) is 1. The summed E-state index contributed by atoms with van der Waals surface area (Å²) in [6.07, 6.45) is 1.83. The molecule has 3 aromatic carbocycles. The number of anilines is 1. The minimum atomic E-state index is 0.394. The molecule has 4 rings (SSSR count). The summed E-state index contributed by atoms with van der Waals surface area (Å²) in [6.45, 7) is 8.47. The first-order valence-electron chi connectivity index (χ1n) is 11.4. The fraction of sp³-hybridized carbons (Fsp3) is 0.214. The molecule has 0 radical (unpaired) electrons. The Balaban J connectivity index is 1.72. The predicted molar refractivity (Wildman–Crippen MR) is 140 cm³/mol. The van der Waals surface area contributed by atoms with Gasteiger partial charge in [0.15, 0.2) is 0 Å². The van der Waals surface area contributed by atoms with E-state index in [0.717, 1.165) is 46.5 Å². The standard InChI is InChI=1S/C28H27ClN4O/c1-4-33(5-2)24-12-9-21(27(16-24)34-18-20-7-10-23(29)11-8-20)15-22(17-30)28-31-25-13-6-19(3)14-26(25)32-28/h6-16H,4-5,18H2,1-3H3,(H,31,32)/b22-15+. The maximum Gasteiger partial charge on any atom is 0.149 e. The van der Waals surface area contributed by atoms with Crippen LogP contribution in [0.15, 0.2) is 60.7 Å². The second-order valence-electron chi connectivity index (χ2n) is 8.09. The SMILES string of the molecule is CCN(CC)c1ccc(/C=C(\C#N)c2nc3ccc(C)cc3[nH]2)c(OCc2ccc(Cl)cc2)c1. The van der Waals surface area contributed by atoms with Crippen molar-refractivity contribution in [3.05, 3.63) is 88.2 Å². The van der Waals surface area contributed by atoms with E-state index in [1.54, 1.807) is 0 Å². The van der Waals surface area contributed by atoms with Crippen LogP contribution >= 0.6 is 11.6 Å². The van der Waals surface area contributed by atoms with E-state index in [1.165, 1.54) is 0 Å². The second-order valence-corrected chi connectivity index (χ2v) is 8.52. The van der Waals surface area contributed by atoms with Gasteiger partial charge in [-0.1, -0.05) is 29.8 Å². The molecule has 6 heteroatoms. The van der Waals surface area contributed by atoms with Crippen LogP contribution in [0.25, 0.3) is 22.7 Å². The molecule has 5 nitrogen and oxygen atoms in total. The topological polar surface area (TPSA) is 64.9 Å². The molecule has 0 aliphatic rings. The van der Waals surface area contributed by atoms with Crippen LogP contribution in [0.3, 0.4) is 0 Å². The lowest BCUT2D eigenvalue weighted by atomic mass is 10.1. The van der Waals surface area contributed by atoms with Crippen molar-refractivity contribution in [2.45, 2.75) is 27.4 Å². The maximum atomic E-state index is 9.92. The Labute approximate surface area is 205 Å². The van der Waals surface area contributed by atoms with Crippen molar-refractivity contribution in [2.75, 3.05) is 18.0 Å². The number of nitrogens with zero attached hydrogens (tertiary/aromatic N) is 3. The predicted octanol–water partition coefficient (Wildman–Crippen LogP) is 7.01. The highest BCUT2D eigenvalue weighted by molar-refractivity contribution is 6.30. The zero-order valence-corrected chi connectivity index (χ0v) is 20.4. The van der Waals surface area contributed by atoms with E-state index in [9.17, 15) is 5.26 Å². The first kappa shape index (κ1) is 23.4. The number of hydrogen-bond donors (Lipinski definition) is 1. The lowest BCUT2D eigenvalue weighted by molar-refractivity contribution is 0.305. The van der Waals surface area contributed by atoms with E-state index in [1.807, 2.05) is 67.6 Å². The molecule has 1 heterocycles. The summed E-state index contributed by atoms with van der Waals surface area (Å²) >= 11 is 6.02. The van der Waals surface area contributed by atoms with E-state index < -0.39 is 0 Å². The van der Waals surface area contributed by atoms with Crippen molar-refractivity contribution in [3.63, 3.8) is 0 Å². The van der Waals surface area contributed by atoms with Gasteiger partial charge >= 0.3 is 0 Å². The molecule has 0 fully saturated rings. The third-order valence-corrected chi connectivity index (χ3v) is 6.00. The lowest BCUT2D eigenvalue weighted by Gasteiger charge is -2.22. The number of H-pyrrole nitrogens is 1. The zero-order valence-electron chi connectivity index (χ0n) is 19.6. The fourth-order valence-corrected chi connectivity index (χ4v) is 3.98. The number of aromatic amines is 1. The molecule has 1 N–H and O–H groups in total. The Morgan fingerprint density at radius 1 is 1.09 bits per heavy atom. The molecule has 34 heavy (non-hydrogen) atoms. The molecule has 172 valence electrons. The van der Waals surface area contributed by atoms with Crippen LogP contribution in [0.1, 0.15) is 36.4 Å². The number of rotatable bonds is 8. The number of hydrogen-bond acceptors (Lipinski definition) is 4. The van der Waals surface area contributed by atoms with Gasteiger partial charge in [-0.2, -0.15) is 5.26 Å². The first-order valence-corrected chi connectivity index (χ1v) is 11.7. The molecule has 0 spiro atoms. The minimum Gasteiger partial charge on any atom is -0.488 e. The molecule has 0 bridgehead atoms. The summed E-state index contributed by atoms with van der Waals surface area (Å²) in [5, 5.41) is 10.6. The van der Waals surface area contributed by atoms with E-state index in [2.05, 4.69) is 40.9 Å². The summed E-state index contributed by atoms with van der Waals surface area (Å²) in [6, 6.07) is 22.0. The number of allylic oxidation sites excluding steroid dienone is 1. The molecule has 0 saturated heterocycles. The van der Waals surface area contributed by atoms with Crippen molar-refractivity contribution in [2.24, 2.45) is 0 Å². The Morgan fingerprint density at radius 2 is 1.85 bits per heavy atom. The molecule has 1 aromatic heterocycles. The summed E-state index contributed by atoms with van der Waals surface area (Å²) in [7, 11) is 0. The van der Waals surface area contributed by atoms with Gasteiger partial charge in [0.25, 0.3) is 0 Å². The van der Waals surface area contributed by atoms with Gasteiger partial charge in [0.05, 0.1) is 16.6 Å². The molecular weight excluding hydrogens is 444 g/mol. The third-order valence-electron chi connectivity index (χ3n) is 5.75. The van der Waals surface area contributed by atoms with Crippen LogP contribution in [-0.4, -0.2) is 23.1 Å². The van der Waals surface area contributed by atoms with Crippen LogP contribution in [0.5, 0.6) is 5.75 Å². The van der Waals surface area contributed by atoms with E-state index in [4.69, 9.17) is 16.3 Å². The van der Waals surface area contributed by atoms with Gasteiger partial charge in [0.1, 0.15) is 24.3 Å². The summed E-state index contributed by atoms with van der Waals surface area (Å²) in [5.41, 5.74) is 6.23. The largest absolute Gasteiger partial charge is 0.488 e. The van der Waals surface area contributed by atoms with Crippen molar-refractivity contribution in [1.29, 1.82) is 5.26 Å². The van der Waals surface area contributed by atoms with Crippen LogP contribution in [0.2, 0.25) is 5.02 Å². The highest BCUT2D eigenvalue weighted by atomic mass is 35.5. The number of imidazole rings is 1. The normalized spacial score (nSPS) is 11.4. The smallest absolute Gasteiger partial charge is 0.149 e. The molecule has 0 amide bonds. The number of aromatic nitrogens is 2. The number of nitriles is 1. The second kappa shape index (κ2) is 10.5. The number of nitrogens with one attached hydrogen (secondary N) is 1. The van der Waals surface area contributed by atoms with Gasteiger partial charge in [-0.05, 0) is 74.4 Å². The van der Waals surface area contributed by atoms with Crippen molar-refractivity contribution < 1.29 is 4.74 Å². The third kappa shape index (κ3) is 5.24. The van der Waals surface area contributed by atoms with E-state index >= 15 is 0 Å². The summed E-state index contributed by atoms with van der Waals surface area (Å²) in [5.74, 6) is 1.25. The Morgan fingerprint density at radius 3 is 2.56 bits per heavy atom. The van der Waals surface area contributed by atoms with Crippen LogP contribution in [0.4, 0.5) is 5.69 Å². The average molecular weight is 471 g/mol. The maximum absolute atomic E-state index is 9.92. The number of aryl methyl sites for hydroxylation is 1. The van der Waals surface area contributed by atoms with E-state index in [0.29, 0.717) is 28.8 Å². The minimum absolute atomic E-state index is 0.394. The highest BCUT2D eigenvalue weighted by Gasteiger charge is 2.12. The number of fused-ring (bicyclic) bond motifs is 1. The van der Waals surface area contributed by atoms with E-state index in [-0.39, 0.29) is 0 Å². The molecule has 0 atom stereocenters. The molecule has 0 saturated carbocycles. The lowest BCUT2D eigenvalue weighted by Crippen LogP contribution is -2.21. The molecule has 4 aromatic rings. The van der Waals surface area contributed by atoms with Crippen molar-refractivity contribution in [1.82, 2.24) is 9.97 Å². The Hall–Kier alpha value is -3.75. The Kier molecular flexibility index (Phi) is 7.20. The number of halogens is 1. The quantitative estimate of drug-likeness (QED) is 0.281. The van der Waals surface area contributed by atoms with Gasteiger partial charge in [0.2, 0.25) is 0 Å². The van der Waals surface area contributed by atoms with Crippen molar-refractivity contribution in [3.8, 4) is 11.8 Å².